The van der Waals surface area contributed by atoms with Crippen molar-refractivity contribution in [3.05, 3.63) is 77.6 Å². The Bertz CT molecular complexity index is 1090. The molecule has 0 atom stereocenters. The molecule has 0 radical (unpaired) electrons. The number of aromatic nitrogens is 1. The van der Waals surface area contributed by atoms with Crippen LogP contribution < -0.4 is 10.6 Å². The third-order valence-corrected chi connectivity index (χ3v) is 5.24. The van der Waals surface area contributed by atoms with Crippen molar-refractivity contribution in [3.63, 3.8) is 0 Å². The summed E-state index contributed by atoms with van der Waals surface area (Å²) >= 11 is 7.97. The molecule has 4 aromatic rings. The molecule has 0 spiro atoms. The number of fused-ring (bicyclic) bond motifs is 1. The summed E-state index contributed by atoms with van der Waals surface area (Å²) in [4.78, 5) is 16.7. The molecule has 0 saturated carbocycles. The van der Waals surface area contributed by atoms with E-state index in [1.165, 1.54) is 24.3 Å². The molecule has 7 heteroatoms. The fourth-order valence-corrected chi connectivity index (χ4v) is 3.91. The number of nitrogens with one attached hydrogen (secondary N) is 2. The molecule has 0 saturated heterocycles. The summed E-state index contributed by atoms with van der Waals surface area (Å²) in [5, 5.41) is 6.65. The SMILES string of the molecule is O=C(Nc1ccc(F)cc1)Nc1ccc(-c2nc3ccccc3s2)c(Cl)c1. The molecule has 0 aliphatic carbocycles. The predicted molar refractivity (Wildman–Crippen MR) is 109 cm³/mol. The van der Waals surface area contributed by atoms with E-state index in [-0.39, 0.29) is 5.82 Å². The monoisotopic (exact) mass is 397 g/mol. The molecule has 0 bridgehead atoms. The Balaban J connectivity index is 1.51. The third-order valence-electron chi connectivity index (χ3n) is 3.85. The maximum absolute atomic E-state index is 12.9. The van der Waals surface area contributed by atoms with Crippen LogP contribution in [0, 0.1) is 5.82 Å². The van der Waals surface area contributed by atoms with E-state index in [0.29, 0.717) is 16.4 Å². The first-order valence-corrected chi connectivity index (χ1v) is 9.27. The van der Waals surface area contributed by atoms with Gasteiger partial charge in [0.25, 0.3) is 0 Å². The topological polar surface area (TPSA) is 54.0 Å². The van der Waals surface area contributed by atoms with Crippen LogP contribution in [0.3, 0.4) is 0 Å². The lowest BCUT2D eigenvalue weighted by Gasteiger charge is -2.09. The van der Waals surface area contributed by atoms with Crippen LogP contribution in [0.5, 0.6) is 0 Å². The van der Waals surface area contributed by atoms with Crippen LogP contribution in [0.1, 0.15) is 0 Å². The van der Waals surface area contributed by atoms with Gasteiger partial charge < -0.3 is 10.6 Å². The molecule has 3 aromatic carbocycles. The summed E-state index contributed by atoms with van der Waals surface area (Å²) in [6, 6.07) is 18.2. The zero-order valence-corrected chi connectivity index (χ0v) is 15.4. The zero-order chi connectivity index (χ0) is 18.8. The van der Waals surface area contributed by atoms with Gasteiger partial charge in [-0.2, -0.15) is 0 Å². The quantitative estimate of drug-likeness (QED) is 0.420. The third kappa shape index (κ3) is 3.92. The fraction of sp³-hybridized carbons (Fsp3) is 0. The number of urea groups is 1. The lowest BCUT2D eigenvalue weighted by Crippen LogP contribution is -2.19. The number of carbonyl (C=O) groups excluding carboxylic acids is 1. The van der Waals surface area contributed by atoms with E-state index in [2.05, 4.69) is 15.6 Å². The molecule has 0 aliphatic rings. The molecular formula is C20H13ClFN3OS. The number of hydrogen-bond donors (Lipinski definition) is 2. The molecule has 0 aliphatic heterocycles. The van der Waals surface area contributed by atoms with Gasteiger partial charge in [-0.25, -0.2) is 14.2 Å². The molecule has 0 fully saturated rings. The number of halogens is 2. The van der Waals surface area contributed by atoms with Crippen molar-refractivity contribution in [2.45, 2.75) is 0 Å². The minimum absolute atomic E-state index is 0.363. The van der Waals surface area contributed by atoms with Crippen molar-refractivity contribution >= 4 is 50.6 Å². The maximum atomic E-state index is 12.9. The highest BCUT2D eigenvalue weighted by atomic mass is 35.5. The van der Waals surface area contributed by atoms with Gasteiger partial charge in [0.15, 0.2) is 0 Å². The number of thiazole rings is 1. The van der Waals surface area contributed by atoms with Gasteiger partial charge in [-0.1, -0.05) is 23.7 Å². The first-order chi connectivity index (χ1) is 13.1. The second-order valence-corrected chi connectivity index (χ2v) is 7.21. The van der Waals surface area contributed by atoms with Crippen molar-refractivity contribution in [1.82, 2.24) is 4.98 Å². The number of benzene rings is 3. The molecule has 27 heavy (non-hydrogen) atoms. The van der Waals surface area contributed by atoms with Gasteiger partial charge in [0.1, 0.15) is 10.8 Å². The highest BCUT2D eigenvalue weighted by Crippen LogP contribution is 2.35. The Morgan fingerprint density at radius 1 is 0.963 bits per heavy atom. The molecule has 4 rings (SSSR count). The minimum atomic E-state index is -0.439. The summed E-state index contributed by atoms with van der Waals surface area (Å²) in [6.07, 6.45) is 0. The summed E-state index contributed by atoms with van der Waals surface area (Å²) in [5.74, 6) is -0.363. The van der Waals surface area contributed by atoms with Crippen LogP contribution in [0.4, 0.5) is 20.6 Å². The summed E-state index contributed by atoms with van der Waals surface area (Å²) in [7, 11) is 0. The van der Waals surface area contributed by atoms with Gasteiger partial charge in [-0.15, -0.1) is 11.3 Å². The first-order valence-electron chi connectivity index (χ1n) is 8.07. The van der Waals surface area contributed by atoms with Crippen molar-refractivity contribution in [2.24, 2.45) is 0 Å². The highest BCUT2D eigenvalue weighted by Gasteiger charge is 2.11. The van der Waals surface area contributed by atoms with Gasteiger partial charge in [0, 0.05) is 16.9 Å². The molecule has 0 unspecified atom stereocenters. The Labute approximate surface area is 163 Å². The average molecular weight is 398 g/mol. The van der Waals surface area contributed by atoms with Crippen molar-refractivity contribution in [1.29, 1.82) is 0 Å². The van der Waals surface area contributed by atoms with Crippen LogP contribution >= 0.6 is 22.9 Å². The van der Waals surface area contributed by atoms with Crippen LogP contribution in [0.15, 0.2) is 66.7 Å². The Morgan fingerprint density at radius 3 is 2.41 bits per heavy atom. The lowest BCUT2D eigenvalue weighted by molar-refractivity contribution is 0.262. The molecule has 4 nitrogen and oxygen atoms in total. The number of carbonyl (C=O) groups is 1. The fourth-order valence-electron chi connectivity index (χ4n) is 2.58. The van der Waals surface area contributed by atoms with E-state index >= 15 is 0 Å². The smallest absolute Gasteiger partial charge is 0.308 e. The molecule has 2 N–H and O–H groups in total. The molecular weight excluding hydrogens is 385 g/mol. The van der Waals surface area contributed by atoms with Gasteiger partial charge >= 0.3 is 6.03 Å². The second-order valence-electron chi connectivity index (χ2n) is 5.77. The van der Waals surface area contributed by atoms with Crippen molar-refractivity contribution < 1.29 is 9.18 Å². The summed E-state index contributed by atoms with van der Waals surface area (Å²) in [5.41, 5.74) is 2.77. The zero-order valence-electron chi connectivity index (χ0n) is 13.9. The van der Waals surface area contributed by atoms with E-state index in [1.807, 2.05) is 30.3 Å². The summed E-state index contributed by atoms with van der Waals surface area (Å²) in [6.45, 7) is 0. The molecule has 134 valence electrons. The van der Waals surface area contributed by atoms with Crippen molar-refractivity contribution in [3.8, 4) is 10.6 Å². The normalized spacial score (nSPS) is 10.7. The number of para-hydroxylation sites is 1. The van der Waals surface area contributed by atoms with Crippen molar-refractivity contribution in [2.75, 3.05) is 10.6 Å². The number of hydrogen-bond acceptors (Lipinski definition) is 3. The van der Waals surface area contributed by atoms with E-state index in [0.717, 1.165) is 20.8 Å². The Kier molecular flexibility index (Phi) is 4.75. The highest BCUT2D eigenvalue weighted by molar-refractivity contribution is 7.21. The van der Waals surface area contributed by atoms with Crippen LogP contribution in [-0.4, -0.2) is 11.0 Å². The van der Waals surface area contributed by atoms with Crippen LogP contribution in [0.25, 0.3) is 20.8 Å². The van der Waals surface area contributed by atoms with Crippen LogP contribution in [0.2, 0.25) is 5.02 Å². The average Bonchev–Trinajstić information content (AvgIpc) is 3.07. The lowest BCUT2D eigenvalue weighted by atomic mass is 10.2. The van der Waals surface area contributed by atoms with E-state index < -0.39 is 6.03 Å². The number of amides is 2. The Hall–Kier alpha value is -2.96. The number of anilines is 2. The van der Waals surface area contributed by atoms with Crippen LogP contribution in [-0.2, 0) is 0 Å². The van der Waals surface area contributed by atoms with Gasteiger partial charge in [0.05, 0.1) is 15.2 Å². The van der Waals surface area contributed by atoms with Gasteiger partial charge in [0.2, 0.25) is 0 Å². The second kappa shape index (κ2) is 7.34. The largest absolute Gasteiger partial charge is 0.323 e. The summed E-state index contributed by atoms with van der Waals surface area (Å²) < 4.78 is 14.0. The molecule has 1 aromatic heterocycles. The molecule has 1 heterocycles. The van der Waals surface area contributed by atoms with Gasteiger partial charge in [-0.05, 0) is 54.6 Å². The van der Waals surface area contributed by atoms with E-state index in [1.54, 1.807) is 23.5 Å². The minimum Gasteiger partial charge on any atom is -0.308 e. The number of rotatable bonds is 3. The number of nitrogens with zero attached hydrogens (tertiary/aromatic N) is 1. The maximum Gasteiger partial charge on any atom is 0.323 e. The van der Waals surface area contributed by atoms with E-state index in [4.69, 9.17) is 11.6 Å². The standard InChI is InChI=1S/C20H13ClFN3OS/c21-16-11-14(24-20(26)23-13-7-5-12(22)6-8-13)9-10-15(16)19-25-17-3-1-2-4-18(17)27-19/h1-11H,(H2,23,24,26). The van der Waals surface area contributed by atoms with E-state index in [9.17, 15) is 9.18 Å². The Morgan fingerprint density at radius 2 is 1.67 bits per heavy atom. The predicted octanol–water partition coefficient (Wildman–Crippen LogP) is 6.40. The molecule has 2 amide bonds. The first kappa shape index (κ1) is 17.5. The van der Waals surface area contributed by atoms with Gasteiger partial charge in [-0.3, -0.25) is 0 Å².